The SMILES string of the molecule is COc1cc2c(cc1Nc1ncc(Cl)c([As]c3ccccc3S(=O)(=O)N(C)C)n1)CCN(CC(=O)N1CCCC1)CC2. The summed E-state index contributed by atoms with van der Waals surface area (Å²) >= 11 is 5.64. The predicted octanol–water partition coefficient (Wildman–Crippen LogP) is 1.81. The van der Waals surface area contributed by atoms with Crippen molar-refractivity contribution in [2.75, 3.05) is 59.2 Å². The molecule has 1 saturated heterocycles. The molecule has 0 aliphatic carbocycles. The van der Waals surface area contributed by atoms with E-state index in [1.54, 1.807) is 25.3 Å². The van der Waals surface area contributed by atoms with E-state index in [0.717, 1.165) is 57.5 Å². The Kier molecular flexibility index (Phi) is 9.74. The van der Waals surface area contributed by atoms with E-state index in [0.29, 0.717) is 32.1 Å². The molecule has 2 aromatic carbocycles. The molecule has 2 aliphatic heterocycles. The average Bonchev–Trinajstić information content (AvgIpc) is 3.45. The Bertz CT molecular complexity index is 1570. The van der Waals surface area contributed by atoms with E-state index in [9.17, 15) is 13.2 Å². The third kappa shape index (κ3) is 6.92. The molecule has 5 rings (SSSR count). The number of amides is 1. The van der Waals surface area contributed by atoms with Gasteiger partial charge in [0.05, 0.1) is 0 Å². The zero-order valence-electron chi connectivity index (χ0n) is 24.0. The van der Waals surface area contributed by atoms with Gasteiger partial charge >= 0.3 is 224 Å². The summed E-state index contributed by atoms with van der Waals surface area (Å²) in [6.45, 7) is 3.83. The first kappa shape index (κ1) is 30.8. The molecular weight excluding hydrogens is 639 g/mol. The van der Waals surface area contributed by atoms with Crippen LogP contribution in [0.5, 0.6) is 5.75 Å². The van der Waals surface area contributed by atoms with E-state index in [1.807, 2.05) is 11.0 Å². The van der Waals surface area contributed by atoms with Gasteiger partial charge in [0.15, 0.2) is 0 Å². The quantitative estimate of drug-likeness (QED) is 0.343. The van der Waals surface area contributed by atoms with Crippen LogP contribution in [0.15, 0.2) is 47.5 Å². The van der Waals surface area contributed by atoms with Crippen molar-refractivity contribution in [3.63, 3.8) is 0 Å². The van der Waals surface area contributed by atoms with Crippen LogP contribution in [0.25, 0.3) is 0 Å². The van der Waals surface area contributed by atoms with Gasteiger partial charge in [-0.25, -0.2) is 0 Å². The molecule has 0 atom stereocenters. The molecule has 0 spiro atoms. The summed E-state index contributed by atoms with van der Waals surface area (Å²) in [4.78, 5) is 26.3. The molecule has 1 radical (unpaired) electrons. The van der Waals surface area contributed by atoms with Crippen molar-refractivity contribution in [1.82, 2.24) is 24.1 Å². The zero-order valence-corrected chi connectivity index (χ0v) is 27.5. The molecule has 3 heterocycles. The molecular formula is C29H35AsClN6O4S. The van der Waals surface area contributed by atoms with Gasteiger partial charge in [-0.15, -0.1) is 0 Å². The Labute approximate surface area is 259 Å². The summed E-state index contributed by atoms with van der Waals surface area (Å²) < 4.78 is 34.0. The van der Waals surface area contributed by atoms with Gasteiger partial charge < -0.3 is 4.90 Å². The topological polar surface area (TPSA) is 108 Å². The fraction of sp³-hybridized carbons (Fsp3) is 0.414. The molecule has 0 saturated carbocycles. The number of halogens is 1. The van der Waals surface area contributed by atoms with Crippen molar-refractivity contribution >= 4 is 63.8 Å². The number of hydrogen-bond acceptors (Lipinski definition) is 8. The van der Waals surface area contributed by atoms with Crippen molar-refractivity contribution in [3.8, 4) is 5.75 Å². The van der Waals surface area contributed by atoms with Gasteiger partial charge in [-0.05, 0) is 12.8 Å². The maximum absolute atomic E-state index is 12.9. The average molecular weight is 674 g/mol. The number of sulfonamides is 1. The zero-order chi connectivity index (χ0) is 29.9. The van der Waals surface area contributed by atoms with Crippen LogP contribution in [0, 0.1) is 0 Å². The minimum absolute atomic E-state index is 0.221. The number of hydrogen-bond donors (Lipinski definition) is 1. The molecule has 0 bridgehead atoms. The van der Waals surface area contributed by atoms with Crippen LogP contribution in [0.3, 0.4) is 0 Å². The molecule has 1 aromatic heterocycles. The summed E-state index contributed by atoms with van der Waals surface area (Å²) in [5.41, 5.74) is 3.13. The van der Waals surface area contributed by atoms with E-state index < -0.39 is 25.8 Å². The Balaban J connectivity index is 1.34. The van der Waals surface area contributed by atoms with Crippen LogP contribution in [0.2, 0.25) is 5.02 Å². The molecule has 0 unspecified atom stereocenters. The first-order chi connectivity index (χ1) is 20.2. The van der Waals surface area contributed by atoms with Crippen LogP contribution in [-0.4, -0.2) is 108 Å². The third-order valence-corrected chi connectivity index (χ3v) is 12.8. The van der Waals surface area contributed by atoms with E-state index in [-0.39, 0.29) is 10.8 Å². The van der Waals surface area contributed by atoms with Crippen LogP contribution < -0.4 is 18.9 Å². The number of anilines is 2. The second kappa shape index (κ2) is 13.3. The minimum atomic E-state index is -3.62. The Morgan fingerprint density at radius 2 is 1.79 bits per heavy atom. The summed E-state index contributed by atoms with van der Waals surface area (Å²) in [5, 5.41) is 3.68. The molecule has 1 fully saturated rings. The summed E-state index contributed by atoms with van der Waals surface area (Å²) in [6.07, 6.45) is 5.38. The molecule has 13 heteroatoms. The Hall–Kier alpha value is -2.69. The molecule has 1 amide bonds. The maximum atomic E-state index is 12.9. The number of nitrogens with one attached hydrogen (secondary N) is 1. The number of nitrogens with zero attached hydrogens (tertiary/aromatic N) is 5. The molecule has 2 aliphatic rings. The molecule has 223 valence electrons. The van der Waals surface area contributed by atoms with Gasteiger partial charge in [0.25, 0.3) is 0 Å². The third-order valence-electron chi connectivity index (χ3n) is 7.56. The van der Waals surface area contributed by atoms with Crippen molar-refractivity contribution in [3.05, 3.63) is 58.7 Å². The standard InChI is InChI=1S/C29H35AsClN6O4S/c1-35(2)42(39,40)26-9-5-4-8-22(26)30-28-23(31)18-32-29(34-28)33-24-16-20-10-14-36(15-11-21(20)17-25(24)41-3)19-27(38)37-12-6-7-13-37/h4-5,8-9,16-18H,6-7,10-15,19H2,1-3H3,(H,32,33,34). The second-order valence-corrected chi connectivity index (χ2v) is 15.4. The van der Waals surface area contributed by atoms with Crippen LogP contribution in [-0.2, 0) is 27.7 Å². The number of carbonyl (C=O) groups excluding carboxylic acids is 1. The fourth-order valence-corrected chi connectivity index (χ4v) is 9.28. The van der Waals surface area contributed by atoms with E-state index >= 15 is 0 Å². The van der Waals surface area contributed by atoms with Crippen LogP contribution in [0.1, 0.15) is 24.0 Å². The normalized spacial score (nSPS) is 16.2. The second-order valence-electron chi connectivity index (χ2n) is 10.5. The van der Waals surface area contributed by atoms with Gasteiger partial charge in [0, 0.05) is 13.1 Å². The number of likely N-dealkylation sites (tertiary alicyclic amines) is 1. The number of aromatic nitrogens is 2. The number of rotatable bonds is 9. The van der Waals surface area contributed by atoms with Gasteiger partial charge in [-0.3, -0.25) is 4.79 Å². The monoisotopic (exact) mass is 673 g/mol. The Morgan fingerprint density at radius 1 is 1.10 bits per heavy atom. The van der Waals surface area contributed by atoms with Crippen molar-refractivity contribution in [2.24, 2.45) is 0 Å². The number of methoxy groups -OCH3 is 1. The number of ether oxygens (including phenoxy) is 1. The van der Waals surface area contributed by atoms with Crippen LogP contribution in [0.4, 0.5) is 11.6 Å². The molecule has 3 aromatic rings. The van der Waals surface area contributed by atoms with Gasteiger partial charge in [-0.1, -0.05) is 0 Å². The summed E-state index contributed by atoms with van der Waals surface area (Å²) in [5.74, 6) is 1.24. The van der Waals surface area contributed by atoms with Crippen molar-refractivity contribution in [1.29, 1.82) is 0 Å². The van der Waals surface area contributed by atoms with Gasteiger partial charge in [0.1, 0.15) is 0 Å². The molecule has 1 N–H and O–H groups in total. The molecule has 10 nitrogen and oxygen atoms in total. The first-order valence-corrected chi connectivity index (χ1v) is 17.6. The van der Waals surface area contributed by atoms with Crippen LogP contribution >= 0.6 is 11.6 Å². The molecule has 42 heavy (non-hydrogen) atoms. The van der Waals surface area contributed by atoms with Crippen molar-refractivity contribution < 1.29 is 17.9 Å². The van der Waals surface area contributed by atoms with E-state index in [1.165, 1.54) is 35.7 Å². The van der Waals surface area contributed by atoms with Gasteiger partial charge in [0.2, 0.25) is 0 Å². The predicted molar refractivity (Wildman–Crippen MR) is 165 cm³/mol. The summed E-state index contributed by atoms with van der Waals surface area (Å²) in [7, 11) is 1.04. The fourth-order valence-electron chi connectivity index (χ4n) is 5.18. The Morgan fingerprint density at radius 3 is 2.48 bits per heavy atom. The number of benzene rings is 2. The number of carbonyl (C=O) groups is 1. The first-order valence-electron chi connectivity index (χ1n) is 13.9. The van der Waals surface area contributed by atoms with E-state index in [4.69, 9.17) is 21.3 Å². The summed E-state index contributed by atoms with van der Waals surface area (Å²) in [6, 6.07) is 11.1. The number of fused-ring (bicyclic) bond motifs is 1. The van der Waals surface area contributed by atoms with Crippen molar-refractivity contribution in [2.45, 2.75) is 30.6 Å². The van der Waals surface area contributed by atoms with Gasteiger partial charge in [-0.2, -0.15) is 0 Å². The van der Waals surface area contributed by atoms with E-state index in [2.05, 4.69) is 27.3 Å².